The quantitative estimate of drug-likeness (QED) is 0.727. The van der Waals surface area contributed by atoms with Crippen LogP contribution in [0, 0.1) is 0 Å². The molecule has 0 saturated heterocycles. The van der Waals surface area contributed by atoms with Crippen molar-refractivity contribution in [2.24, 2.45) is 0 Å². The van der Waals surface area contributed by atoms with Crippen molar-refractivity contribution in [2.45, 2.75) is 6.54 Å². The summed E-state index contributed by atoms with van der Waals surface area (Å²) in [6, 6.07) is 3.39. The molecule has 2 heterocycles. The Labute approximate surface area is 114 Å². The molecule has 2 amide bonds. The van der Waals surface area contributed by atoms with E-state index in [4.69, 9.17) is 4.84 Å². The number of carbonyl (C=O) groups excluding carboxylic acids is 1. The molecule has 8 heteroatoms. The number of nitrogens with one attached hydrogen (secondary N) is 3. The molecule has 100 valence electrons. The molecule has 0 aliphatic carbocycles. The minimum atomic E-state index is -0.317. The zero-order valence-corrected chi connectivity index (χ0v) is 11.0. The maximum atomic E-state index is 11.6. The van der Waals surface area contributed by atoms with Gasteiger partial charge in [0.2, 0.25) is 0 Å². The molecule has 19 heavy (non-hydrogen) atoms. The second-order valence-electron chi connectivity index (χ2n) is 3.50. The summed E-state index contributed by atoms with van der Waals surface area (Å²) in [4.78, 5) is 24.3. The fourth-order valence-corrected chi connectivity index (χ4v) is 1.99. The number of amides is 2. The SMILES string of the molecule is CONc1cnc(NC(=O)NCc2cccnc2)s1. The van der Waals surface area contributed by atoms with Crippen molar-refractivity contribution in [2.75, 3.05) is 17.9 Å². The smallest absolute Gasteiger partial charge is 0.321 e. The fraction of sp³-hybridized carbons (Fsp3) is 0.182. The van der Waals surface area contributed by atoms with Crippen molar-refractivity contribution in [3.05, 3.63) is 36.3 Å². The molecule has 0 aliphatic rings. The first-order valence-electron chi connectivity index (χ1n) is 5.46. The molecule has 3 N–H and O–H groups in total. The second-order valence-corrected chi connectivity index (χ2v) is 4.54. The average Bonchev–Trinajstić information content (AvgIpc) is 2.85. The maximum absolute atomic E-state index is 11.6. The van der Waals surface area contributed by atoms with Gasteiger partial charge in [0.05, 0.1) is 13.3 Å². The number of urea groups is 1. The lowest BCUT2D eigenvalue weighted by Gasteiger charge is -2.04. The first-order valence-corrected chi connectivity index (χ1v) is 6.28. The predicted octanol–water partition coefficient (Wildman–Crippen LogP) is 1.83. The van der Waals surface area contributed by atoms with Gasteiger partial charge in [-0.05, 0) is 11.6 Å². The van der Waals surface area contributed by atoms with Gasteiger partial charge in [-0.1, -0.05) is 17.4 Å². The molecule has 2 aromatic heterocycles. The topological polar surface area (TPSA) is 88.2 Å². The van der Waals surface area contributed by atoms with Gasteiger partial charge in [-0.15, -0.1) is 0 Å². The normalized spacial score (nSPS) is 9.95. The number of thiazole rings is 1. The minimum Gasteiger partial charge on any atom is -0.334 e. The van der Waals surface area contributed by atoms with E-state index in [9.17, 15) is 4.79 Å². The Morgan fingerprint density at radius 1 is 1.47 bits per heavy atom. The Bertz CT molecular complexity index is 531. The third kappa shape index (κ3) is 4.19. The van der Waals surface area contributed by atoms with E-state index < -0.39 is 0 Å². The molecule has 0 fully saturated rings. The second kappa shape index (κ2) is 6.66. The first-order chi connectivity index (χ1) is 9.28. The highest BCUT2D eigenvalue weighted by molar-refractivity contribution is 7.19. The van der Waals surface area contributed by atoms with Crippen molar-refractivity contribution in [3.8, 4) is 0 Å². The highest BCUT2D eigenvalue weighted by Crippen LogP contribution is 2.22. The van der Waals surface area contributed by atoms with Crippen LogP contribution in [0.15, 0.2) is 30.7 Å². The van der Waals surface area contributed by atoms with Gasteiger partial charge in [0, 0.05) is 18.9 Å². The van der Waals surface area contributed by atoms with Gasteiger partial charge in [0.15, 0.2) is 5.13 Å². The molecule has 0 radical (unpaired) electrons. The van der Waals surface area contributed by atoms with Gasteiger partial charge in [0.25, 0.3) is 0 Å². The molecule has 0 bridgehead atoms. The Morgan fingerprint density at radius 3 is 3.11 bits per heavy atom. The van der Waals surface area contributed by atoms with Gasteiger partial charge >= 0.3 is 6.03 Å². The Balaban J connectivity index is 1.80. The zero-order valence-electron chi connectivity index (χ0n) is 10.2. The van der Waals surface area contributed by atoms with Crippen molar-refractivity contribution in [1.82, 2.24) is 15.3 Å². The largest absolute Gasteiger partial charge is 0.334 e. The van der Waals surface area contributed by atoms with E-state index in [1.54, 1.807) is 18.6 Å². The summed E-state index contributed by atoms with van der Waals surface area (Å²) in [5.41, 5.74) is 3.56. The van der Waals surface area contributed by atoms with Crippen LogP contribution in [0.5, 0.6) is 0 Å². The number of pyridine rings is 1. The summed E-state index contributed by atoms with van der Waals surface area (Å²) in [5, 5.41) is 6.55. The van der Waals surface area contributed by atoms with Gasteiger partial charge in [-0.2, -0.15) is 0 Å². The molecule has 0 atom stereocenters. The van der Waals surface area contributed by atoms with E-state index in [-0.39, 0.29) is 6.03 Å². The molecule has 0 saturated carbocycles. The van der Waals surface area contributed by atoms with Crippen molar-refractivity contribution in [3.63, 3.8) is 0 Å². The lowest BCUT2D eigenvalue weighted by Crippen LogP contribution is -2.28. The third-order valence-electron chi connectivity index (χ3n) is 2.10. The van der Waals surface area contributed by atoms with Crippen molar-refractivity contribution >= 4 is 27.5 Å². The predicted molar refractivity (Wildman–Crippen MR) is 72.8 cm³/mol. The molecule has 7 nitrogen and oxygen atoms in total. The van der Waals surface area contributed by atoms with E-state index in [1.807, 2.05) is 12.1 Å². The van der Waals surface area contributed by atoms with Crippen LogP contribution in [0.1, 0.15) is 5.56 Å². The van der Waals surface area contributed by atoms with Gasteiger partial charge < -0.3 is 5.32 Å². The van der Waals surface area contributed by atoms with E-state index in [0.29, 0.717) is 16.7 Å². The number of anilines is 2. The van der Waals surface area contributed by atoms with Gasteiger partial charge in [0.1, 0.15) is 5.00 Å². The van der Waals surface area contributed by atoms with Crippen LogP contribution < -0.4 is 16.1 Å². The summed E-state index contributed by atoms with van der Waals surface area (Å²) in [7, 11) is 1.51. The summed E-state index contributed by atoms with van der Waals surface area (Å²) >= 11 is 1.28. The van der Waals surface area contributed by atoms with E-state index in [0.717, 1.165) is 5.56 Å². The Kier molecular flexibility index (Phi) is 4.65. The van der Waals surface area contributed by atoms with Crippen LogP contribution >= 0.6 is 11.3 Å². The standard InChI is InChI=1S/C11H13N5O2S/c1-18-16-9-7-14-11(19-9)15-10(17)13-6-8-3-2-4-12-5-8/h2-5,7,16H,6H2,1H3,(H2,13,14,15,17). The molecule has 0 spiro atoms. The Morgan fingerprint density at radius 2 is 2.37 bits per heavy atom. The molecular weight excluding hydrogens is 266 g/mol. The molecular formula is C11H13N5O2S. The third-order valence-corrected chi connectivity index (χ3v) is 2.91. The molecule has 2 rings (SSSR count). The van der Waals surface area contributed by atoms with Crippen LogP contribution in [-0.4, -0.2) is 23.1 Å². The molecule has 2 aromatic rings. The summed E-state index contributed by atoms with van der Waals surface area (Å²) < 4.78 is 0. The van der Waals surface area contributed by atoms with Crippen molar-refractivity contribution < 1.29 is 9.63 Å². The number of carbonyl (C=O) groups is 1. The lowest BCUT2D eigenvalue weighted by molar-refractivity contribution is 0.251. The highest BCUT2D eigenvalue weighted by Gasteiger charge is 2.06. The fourth-order valence-electron chi connectivity index (χ4n) is 1.31. The number of aromatic nitrogens is 2. The zero-order chi connectivity index (χ0) is 13.5. The molecule has 0 unspecified atom stereocenters. The number of hydrogen-bond donors (Lipinski definition) is 3. The summed E-state index contributed by atoms with van der Waals surface area (Å²) in [6.07, 6.45) is 4.96. The molecule has 0 aliphatic heterocycles. The lowest BCUT2D eigenvalue weighted by atomic mass is 10.3. The maximum Gasteiger partial charge on any atom is 0.321 e. The average molecular weight is 279 g/mol. The first kappa shape index (κ1) is 13.2. The summed E-state index contributed by atoms with van der Waals surface area (Å²) in [5.74, 6) is 0. The van der Waals surface area contributed by atoms with E-state index >= 15 is 0 Å². The van der Waals surface area contributed by atoms with Crippen LogP contribution in [0.25, 0.3) is 0 Å². The number of hydrogen-bond acceptors (Lipinski definition) is 6. The highest BCUT2D eigenvalue weighted by atomic mass is 32.1. The van der Waals surface area contributed by atoms with Crippen LogP contribution in [0.4, 0.5) is 14.9 Å². The number of rotatable bonds is 5. The van der Waals surface area contributed by atoms with Gasteiger partial charge in [-0.3, -0.25) is 20.6 Å². The van der Waals surface area contributed by atoms with Crippen LogP contribution in [0.3, 0.4) is 0 Å². The molecule has 0 aromatic carbocycles. The monoisotopic (exact) mass is 279 g/mol. The van der Waals surface area contributed by atoms with Gasteiger partial charge in [-0.25, -0.2) is 9.78 Å². The van der Waals surface area contributed by atoms with Crippen LogP contribution in [0.2, 0.25) is 0 Å². The van der Waals surface area contributed by atoms with E-state index in [2.05, 4.69) is 26.1 Å². The van der Waals surface area contributed by atoms with Crippen molar-refractivity contribution in [1.29, 1.82) is 0 Å². The number of nitrogens with zero attached hydrogens (tertiary/aromatic N) is 2. The van der Waals surface area contributed by atoms with Crippen LogP contribution in [-0.2, 0) is 11.4 Å². The minimum absolute atomic E-state index is 0.317. The summed E-state index contributed by atoms with van der Waals surface area (Å²) in [6.45, 7) is 0.411. The van der Waals surface area contributed by atoms with E-state index in [1.165, 1.54) is 18.4 Å². The Hall–Kier alpha value is -2.19.